The van der Waals surface area contributed by atoms with Crippen molar-refractivity contribution < 1.29 is 9.53 Å². The van der Waals surface area contributed by atoms with Crippen LogP contribution in [-0.4, -0.2) is 18.9 Å². The van der Waals surface area contributed by atoms with Crippen LogP contribution >= 0.6 is 11.8 Å². The lowest BCUT2D eigenvalue weighted by Crippen LogP contribution is -2.28. The van der Waals surface area contributed by atoms with E-state index in [0.717, 1.165) is 26.9 Å². The van der Waals surface area contributed by atoms with Gasteiger partial charge in [0.15, 0.2) is 0 Å². The third-order valence-corrected chi connectivity index (χ3v) is 5.17. The smallest absolute Gasteiger partial charge is 0.237 e. The first-order chi connectivity index (χ1) is 11.7. The van der Waals surface area contributed by atoms with Gasteiger partial charge in [0.2, 0.25) is 5.91 Å². The number of ether oxygens (including phenoxy) is 1. The van der Waals surface area contributed by atoms with Crippen molar-refractivity contribution in [1.29, 1.82) is 5.41 Å². The molecule has 0 aliphatic carbocycles. The van der Waals surface area contributed by atoms with Crippen LogP contribution in [0.25, 0.3) is 0 Å². The molecule has 0 radical (unpaired) electrons. The van der Waals surface area contributed by atoms with Gasteiger partial charge in [-0.05, 0) is 36.4 Å². The van der Waals surface area contributed by atoms with Crippen LogP contribution in [0.4, 0.5) is 11.4 Å². The van der Waals surface area contributed by atoms with Crippen LogP contribution in [0.2, 0.25) is 0 Å². The van der Waals surface area contributed by atoms with Crippen molar-refractivity contribution in [1.82, 2.24) is 0 Å². The number of anilines is 2. The largest absolute Gasteiger partial charge is 0.497 e. The summed E-state index contributed by atoms with van der Waals surface area (Å²) in [6, 6.07) is 15.1. The number of benzene rings is 2. The molecule has 0 spiro atoms. The fourth-order valence-corrected chi connectivity index (χ4v) is 3.87. The van der Waals surface area contributed by atoms with Crippen LogP contribution in [0.5, 0.6) is 5.75 Å². The van der Waals surface area contributed by atoms with Crippen molar-refractivity contribution in [2.45, 2.75) is 11.3 Å². The van der Waals surface area contributed by atoms with Gasteiger partial charge in [-0.2, -0.15) is 0 Å². The highest BCUT2D eigenvalue weighted by atomic mass is 32.2. The Hall–Kier alpha value is -2.73. The van der Waals surface area contributed by atoms with Crippen LogP contribution in [-0.2, 0) is 4.79 Å². The van der Waals surface area contributed by atoms with Crippen LogP contribution in [0.15, 0.2) is 64.0 Å². The van der Waals surface area contributed by atoms with Crippen LogP contribution in [0.1, 0.15) is 6.42 Å². The normalized spacial score (nSPS) is 19.5. The van der Waals surface area contributed by atoms with Crippen molar-refractivity contribution in [2.24, 2.45) is 0 Å². The monoisotopic (exact) mass is 337 g/mol. The van der Waals surface area contributed by atoms with E-state index in [4.69, 9.17) is 10.1 Å². The van der Waals surface area contributed by atoms with Gasteiger partial charge in [-0.15, -0.1) is 0 Å². The molecule has 0 aromatic heterocycles. The Morgan fingerprint density at radius 3 is 2.62 bits per heavy atom. The molecule has 2 aliphatic rings. The summed E-state index contributed by atoms with van der Waals surface area (Å²) in [4.78, 5) is 15.0. The molecule has 0 saturated carbocycles. The standard InChI is InChI=1S/C18H15N3O2S/c1-23-12-8-6-11(7-9-12)21-16(22)10-13(17(21)19)18-20-14-4-2-3-5-15(14)24-18/h2-9,19-20H,10H2,1H3/b18-13+,19-17?. The molecule has 120 valence electrons. The second-order valence-corrected chi connectivity index (χ2v) is 6.54. The van der Waals surface area contributed by atoms with E-state index < -0.39 is 0 Å². The summed E-state index contributed by atoms with van der Waals surface area (Å²) in [6.45, 7) is 0. The molecule has 6 heteroatoms. The van der Waals surface area contributed by atoms with Gasteiger partial charge >= 0.3 is 0 Å². The molecule has 2 N–H and O–H groups in total. The maximum absolute atomic E-state index is 12.5. The number of rotatable bonds is 2. The number of thioether (sulfide) groups is 1. The molecule has 2 heterocycles. The van der Waals surface area contributed by atoms with Crippen molar-refractivity contribution >= 4 is 34.9 Å². The average molecular weight is 337 g/mol. The highest BCUT2D eigenvalue weighted by molar-refractivity contribution is 8.03. The predicted octanol–water partition coefficient (Wildman–Crippen LogP) is 3.84. The second kappa shape index (κ2) is 5.72. The number of carbonyl (C=O) groups excluding carboxylic acids is 1. The third kappa shape index (κ3) is 2.35. The summed E-state index contributed by atoms with van der Waals surface area (Å²) in [6.07, 6.45) is 0.230. The zero-order valence-electron chi connectivity index (χ0n) is 13.0. The molecule has 1 saturated heterocycles. The van der Waals surface area contributed by atoms with Gasteiger partial charge in [0, 0.05) is 10.5 Å². The van der Waals surface area contributed by atoms with Gasteiger partial charge in [0.25, 0.3) is 0 Å². The maximum atomic E-state index is 12.5. The number of amidine groups is 1. The zero-order valence-corrected chi connectivity index (χ0v) is 13.8. The minimum atomic E-state index is -0.0916. The van der Waals surface area contributed by atoms with Gasteiger partial charge in [-0.1, -0.05) is 23.9 Å². The minimum absolute atomic E-state index is 0.0916. The molecule has 1 fully saturated rings. The van der Waals surface area contributed by atoms with Crippen molar-refractivity contribution in [3.05, 3.63) is 59.1 Å². The SMILES string of the molecule is COc1ccc(N2C(=N)/C(=C3\Nc4ccccc4S3)CC2=O)cc1. The highest BCUT2D eigenvalue weighted by Crippen LogP contribution is 2.44. The number of hydrogen-bond acceptors (Lipinski definition) is 5. The van der Waals surface area contributed by atoms with Gasteiger partial charge in [-0.3, -0.25) is 15.1 Å². The van der Waals surface area contributed by atoms with E-state index in [1.165, 1.54) is 4.90 Å². The molecule has 0 bridgehead atoms. The van der Waals surface area contributed by atoms with Crippen molar-refractivity contribution in [3.8, 4) is 5.75 Å². The van der Waals surface area contributed by atoms with E-state index in [-0.39, 0.29) is 18.2 Å². The topological polar surface area (TPSA) is 65.4 Å². The Kier molecular flexibility index (Phi) is 3.54. The highest BCUT2D eigenvalue weighted by Gasteiger charge is 2.35. The minimum Gasteiger partial charge on any atom is -0.497 e. The Balaban J connectivity index is 1.66. The number of nitrogens with one attached hydrogen (secondary N) is 2. The van der Waals surface area contributed by atoms with Gasteiger partial charge in [0.05, 0.1) is 29.9 Å². The number of fused-ring (bicyclic) bond motifs is 1. The summed E-state index contributed by atoms with van der Waals surface area (Å²) in [5.74, 6) is 0.859. The lowest BCUT2D eigenvalue weighted by Gasteiger charge is -2.16. The Labute approximate surface area is 143 Å². The number of nitrogens with zero attached hydrogens (tertiary/aromatic N) is 1. The molecule has 0 atom stereocenters. The summed E-state index contributed by atoms with van der Waals surface area (Å²) < 4.78 is 5.14. The molecular formula is C18H15N3O2S. The van der Waals surface area contributed by atoms with E-state index >= 15 is 0 Å². The number of para-hydroxylation sites is 1. The first kappa shape index (κ1) is 14.8. The number of amides is 1. The summed E-state index contributed by atoms with van der Waals surface area (Å²) in [7, 11) is 1.60. The molecule has 5 nitrogen and oxygen atoms in total. The van der Waals surface area contributed by atoms with Crippen LogP contribution in [0, 0.1) is 5.41 Å². The Morgan fingerprint density at radius 2 is 1.92 bits per heavy atom. The summed E-state index contributed by atoms with van der Waals surface area (Å²) in [5.41, 5.74) is 2.44. The second-order valence-electron chi connectivity index (χ2n) is 5.48. The summed E-state index contributed by atoms with van der Waals surface area (Å²) in [5, 5.41) is 12.7. The molecule has 2 aliphatic heterocycles. The molecule has 4 rings (SSSR count). The molecule has 0 unspecified atom stereocenters. The summed E-state index contributed by atoms with van der Waals surface area (Å²) >= 11 is 1.57. The number of hydrogen-bond donors (Lipinski definition) is 2. The van der Waals surface area contributed by atoms with E-state index in [9.17, 15) is 4.79 Å². The van der Waals surface area contributed by atoms with Crippen LogP contribution in [0.3, 0.4) is 0 Å². The van der Waals surface area contributed by atoms with Crippen molar-refractivity contribution in [3.63, 3.8) is 0 Å². The Bertz CT molecular complexity index is 847. The quantitative estimate of drug-likeness (QED) is 0.874. The predicted molar refractivity (Wildman–Crippen MR) is 95.8 cm³/mol. The first-order valence-electron chi connectivity index (χ1n) is 7.50. The van der Waals surface area contributed by atoms with Crippen molar-refractivity contribution in [2.75, 3.05) is 17.3 Å². The molecule has 1 amide bonds. The molecule has 24 heavy (non-hydrogen) atoms. The fraction of sp³-hybridized carbons (Fsp3) is 0.111. The average Bonchev–Trinajstić information content (AvgIpc) is 3.15. The van der Waals surface area contributed by atoms with E-state index in [1.807, 2.05) is 24.3 Å². The lowest BCUT2D eigenvalue weighted by molar-refractivity contribution is -0.116. The van der Waals surface area contributed by atoms with Gasteiger partial charge in [-0.25, -0.2) is 0 Å². The molecule has 2 aromatic rings. The first-order valence-corrected chi connectivity index (χ1v) is 8.32. The van der Waals surface area contributed by atoms with Gasteiger partial charge < -0.3 is 10.1 Å². The number of carbonyl (C=O) groups is 1. The number of methoxy groups -OCH3 is 1. The third-order valence-electron chi connectivity index (χ3n) is 4.04. The van der Waals surface area contributed by atoms with E-state index in [0.29, 0.717) is 5.69 Å². The van der Waals surface area contributed by atoms with E-state index in [1.54, 1.807) is 43.1 Å². The lowest BCUT2D eigenvalue weighted by atomic mass is 10.2. The Morgan fingerprint density at radius 1 is 1.17 bits per heavy atom. The van der Waals surface area contributed by atoms with Crippen LogP contribution < -0.4 is 15.0 Å². The zero-order chi connectivity index (χ0) is 16.7. The molecular weight excluding hydrogens is 322 g/mol. The molecule has 2 aromatic carbocycles. The van der Waals surface area contributed by atoms with Gasteiger partial charge in [0.1, 0.15) is 11.6 Å². The fourth-order valence-electron chi connectivity index (χ4n) is 2.82. The van der Waals surface area contributed by atoms with E-state index in [2.05, 4.69) is 5.32 Å². The maximum Gasteiger partial charge on any atom is 0.237 e.